The first-order valence-electron chi connectivity index (χ1n) is 11.0. The van der Waals surface area contributed by atoms with Gasteiger partial charge in [0.25, 0.3) is 0 Å². The summed E-state index contributed by atoms with van der Waals surface area (Å²) in [5, 5.41) is 7.34. The molecule has 0 atom stereocenters. The minimum atomic E-state index is -4.40. The zero-order valence-electron chi connectivity index (χ0n) is 19.0. The molecule has 0 aliphatic rings. The van der Waals surface area contributed by atoms with E-state index in [-0.39, 0.29) is 12.6 Å². The Morgan fingerprint density at radius 3 is 2.63 bits per heavy atom. The third-order valence-corrected chi connectivity index (χ3v) is 5.55. The number of hydrogen-bond donors (Lipinski definition) is 2. The van der Waals surface area contributed by atoms with Crippen molar-refractivity contribution < 1.29 is 13.2 Å². The van der Waals surface area contributed by atoms with Crippen LogP contribution in [0.15, 0.2) is 67.1 Å². The Morgan fingerprint density at radius 2 is 1.83 bits per heavy atom. The van der Waals surface area contributed by atoms with Crippen molar-refractivity contribution in [2.24, 2.45) is 0 Å². The van der Waals surface area contributed by atoms with Crippen molar-refractivity contribution >= 4 is 39.5 Å². The van der Waals surface area contributed by atoms with Gasteiger partial charge in [0.05, 0.1) is 17.4 Å². The molecule has 0 saturated carbocycles. The highest BCUT2D eigenvalue weighted by atomic mass is 19.4. The predicted octanol–water partition coefficient (Wildman–Crippen LogP) is 6.33. The summed E-state index contributed by atoms with van der Waals surface area (Å²) in [6.07, 6.45) is -0.979. The summed E-state index contributed by atoms with van der Waals surface area (Å²) in [7, 11) is 0. The quantitative estimate of drug-likeness (QED) is 0.298. The maximum Gasteiger partial charge on any atom is 0.416 e. The van der Waals surface area contributed by atoms with Gasteiger partial charge in [0.1, 0.15) is 0 Å². The van der Waals surface area contributed by atoms with E-state index in [1.807, 2.05) is 48.7 Å². The number of aromatic nitrogens is 5. The van der Waals surface area contributed by atoms with Crippen LogP contribution in [0.2, 0.25) is 0 Å². The highest BCUT2D eigenvalue weighted by Crippen LogP contribution is 2.30. The second-order valence-electron chi connectivity index (χ2n) is 8.40. The number of nitrogens with zero attached hydrogens (tertiary/aromatic N) is 5. The average molecular weight is 477 g/mol. The maximum absolute atomic E-state index is 13.1. The standard InChI is InChI=1S/C25H22F3N7/c1-15(2)35-14-31-21-22(30-13-16-5-3-7-18(11-16)25(26,27)28)33-24(34-23(21)35)32-19-8-9-20-17(12-19)6-4-10-29-20/h3-12,14-15H,13H2,1-2H3,(H2,30,32,33,34). The normalized spacial score (nSPS) is 11.9. The summed E-state index contributed by atoms with van der Waals surface area (Å²) >= 11 is 0. The van der Waals surface area contributed by atoms with E-state index >= 15 is 0 Å². The van der Waals surface area contributed by atoms with Crippen LogP contribution >= 0.6 is 0 Å². The lowest BCUT2D eigenvalue weighted by molar-refractivity contribution is -0.137. The van der Waals surface area contributed by atoms with Gasteiger partial charge in [0, 0.05) is 29.9 Å². The van der Waals surface area contributed by atoms with Gasteiger partial charge in [-0.25, -0.2) is 4.98 Å². The first kappa shape index (κ1) is 22.6. The lowest BCUT2D eigenvalue weighted by Crippen LogP contribution is -2.09. The van der Waals surface area contributed by atoms with Crippen molar-refractivity contribution in [2.45, 2.75) is 32.6 Å². The van der Waals surface area contributed by atoms with E-state index in [0.717, 1.165) is 28.7 Å². The van der Waals surface area contributed by atoms with E-state index in [2.05, 4.69) is 30.6 Å². The highest BCUT2D eigenvalue weighted by molar-refractivity contribution is 5.86. The van der Waals surface area contributed by atoms with E-state index in [9.17, 15) is 13.2 Å². The van der Waals surface area contributed by atoms with E-state index in [1.54, 1.807) is 18.6 Å². The lowest BCUT2D eigenvalue weighted by Gasteiger charge is -2.13. The molecular formula is C25H22F3N7. The number of pyridine rings is 1. The van der Waals surface area contributed by atoms with Gasteiger partial charge in [-0.05, 0) is 55.8 Å². The Labute approximate surface area is 199 Å². The topological polar surface area (TPSA) is 80.5 Å². The molecule has 0 saturated heterocycles. The van der Waals surface area contributed by atoms with Crippen LogP contribution in [0.1, 0.15) is 31.0 Å². The van der Waals surface area contributed by atoms with Gasteiger partial charge in [-0.3, -0.25) is 4.98 Å². The fraction of sp³-hybridized carbons (Fsp3) is 0.200. The van der Waals surface area contributed by atoms with Crippen LogP contribution in [-0.4, -0.2) is 24.5 Å². The molecule has 35 heavy (non-hydrogen) atoms. The van der Waals surface area contributed by atoms with E-state index in [1.165, 1.54) is 6.07 Å². The van der Waals surface area contributed by atoms with Crippen LogP contribution in [0.4, 0.5) is 30.6 Å². The number of alkyl halides is 3. The van der Waals surface area contributed by atoms with Gasteiger partial charge in [-0.1, -0.05) is 18.2 Å². The SMILES string of the molecule is CC(C)n1cnc2c(NCc3cccc(C(F)(F)F)c3)nc(Nc3ccc4ncccc4c3)nc21. The Kier molecular flexibility index (Phi) is 5.72. The molecule has 0 fully saturated rings. The number of fused-ring (bicyclic) bond motifs is 2. The third kappa shape index (κ3) is 4.72. The van der Waals surface area contributed by atoms with E-state index in [4.69, 9.17) is 0 Å². The zero-order valence-corrected chi connectivity index (χ0v) is 19.0. The monoisotopic (exact) mass is 477 g/mol. The summed E-state index contributed by atoms with van der Waals surface area (Å²) in [5.41, 5.74) is 2.60. The van der Waals surface area contributed by atoms with Gasteiger partial charge < -0.3 is 15.2 Å². The van der Waals surface area contributed by atoms with Crippen molar-refractivity contribution in [3.8, 4) is 0 Å². The number of anilines is 3. The van der Waals surface area contributed by atoms with E-state index < -0.39 is 11.7 Å². The molecule has 0 amide bonds. The Hall–Kier alpha value is -4.21. The molecule has 3 aromatic heterocycles. The Bertz CT molecular complexity index is 1510. The van der Waals surface area contributed by atoms with Crippen LogP contribution in [0.3, 0.4) is 0 Å². The maximum atomic E-state index is 13.1. The van der Waals surface area contributed by atoms with Crippen molar-refractivity contribution in [2.75, 3.05) is 10.6 Å². The van der Waals surface area contributed by atoms with Gasteiger partial charge in [0.2, 0.25) is 5.95 Å². The first-order chi connectivity index (χ1) is 16.8. The minimum Gasteiger partial charge on any atom is -0.364 e. The number of benzene rings is 2. The molecule has 0 bridgehead atoms. The lowest BCUT2D eigenvalue weighted by atomic mass is 10.1. The molecule has 0 spiro atoms. The summed E-state index contributed by atoms with van der Waals surface area (Å²) < 4.78 is 41.2. The summed E-state index contributed by atoms with van der Waals surface area (Å²) in [4.78, 5) is 18.0. The van der Waals surface area contributed by atoms with Gasteiger partial charge in [-0.15, -0.1) is 0 Å². The van der Waals surface area contributed by atoms with Crippen LogP contribution < -0.4 is 10.6 Å². The molecule has 7 nitrogen and oxygen atoms in total. The van der Waals surface area contributed by atoms with Crippen molar-refractivity contribution in [1.82, 2.24) is 24.5 Å². The molecule has 10 heteroatoms. The van der Waals surface area contributed by atoms with Crippen LogP contribution in [-0.2, 0) is 12.7 Å². The molecule has 5 aromatic rings. The summed E-state index contributed by atoms with van der Waals surface area (Å²) in [6, 6.07) is 14.9. The molecule has 2 aromatic carbocycles. The number of hydrogen-bond acceptors (Lipinski definition) is 6. The van der Waals surface area contributed by atoms with Gasteiger partial charge in [-0.2, -0.15) is 23.1 Å². The van der Waals surface area contributed by atoms with Crippen LogP contribution in [0.25, 0.3) is 22.1 Å². The minimum absolute atomic E-state index is 0.103. The Balaban J connectivity index is 1.49. The summed E-state index contributed by atoms with van der Waals surface area (Å²) in [6.45, 7) is 4.18. The zero-order chi connectivity index (χ0) is 24.6. The molecule has 0 radical (unpaired) electrons. The fourth-order valence-electron chi connectivity index (χ4n) is 3.80. The molecule has 3 heterocycles. The average Bonchev–Trinajstić information content (AvgIpc) is 3.27. The molecule has 178 valence electrons. The first-order valence-corrected chi connectivity index (χ1v) is 11.0. The van der Waals surface area contributed by atoms with Gasteiger partial charge >= 0.3 is 6.18 Å². The molecule has 0 aliphatic heterocycles. The number of nitrogens with one attached hydrogen (secondary N) is 2. The molecule has 2 N–H and O–H groups in total. The highest BCUT2D eigenvalue weighted by Gasteiger charge is 2.30. The second kappa shape index (κ2) is 8.86. The molecule has 0 aliphatic carbocycles. The largest absolute Gasteiger partial charge is 0.416 e. The number of rotatable bonds is 6. The fourth-order valence-corrected chi connectivity index (χ4v) is 3.80. The smallest absolute Gasteiger partial charge is 0.364 e. The third-order valence-electron chi connectivity index (χ3n) is 5.55. The predicted molar refractivity (Wildman–Crippen MR) is 130 cm³/mol. The molecule has 0 unspecified atom stereocenters. The summed E-state index contributed by atoms with van der Waals surface area (Å²) in [5.74, 6) is 0.770. The van der Waals surface area contributed by atoms with Crippen LogP contribution in [0, 0.1) is 0 Å². The van der Waals surface area contributed by atoms with Crippen LogP contribution in [0.5, 0.6) is 0 Å². The van der Waals surface area contributed by atoms with Gasteiger partial charge in [0.15, 0.2) is 17.0 Å². The number of imidazole rings is 1. The van der Waals surface area contributed by atoms with Crippen molar-refractivity contribution in [1.29, 1.82) is 0 Å². The Morgan fingerprint density at radius 1 is 0.971 bits per heavy atom. The molecular weight excluding hydrogens is 455 g/mol. The molecule has 5 rings (SSSR count). The second-order valence-corrected chi connectivity index (χ2v) is 8.40. The van der Waals surface area contributed by atoms with Crippen molar-refractivity contribution in [3.63, 3.8) is 0 Å². The number of halogens is 3. The van der Waals surface area contributed by atoms with Crippen molar-refractivity contribution in [3.05, 3.63) is 78.2 Å². The van der Waals surface area contributed by atoms with E-state index in [0.29, 0.717) is 28.5 Å².